The molecule has 0 radical (unpaired) electrons. The van der Waals surface area contributed by atoms with E-state index in [0.29, 0.717) is 17.1 Å². The van der Waals surface area contributed by atoms with Gasteiger partial charge in [0, 0.05) is 36.4 Å². The summed E-state index contributed by atoms with van der Waals surface area (Å²) in [5.41, 5.74) is 2.13. The zero-order valence-electron chi connectivity index (χ0n) is 13.3. The number of nitrogens with zero attached hydrogens (tertiary/aromatic N) is 4. The largest absolute Gasteiger partial charge is 0.359 e. The van der Waals surface area contributed by atoms with Gasteiger partial charge in [-0.15, -0.1) is 0 Å². The van der Waals surface area contributed by atoms with Crippen LogP contribution in [0.25, 0.3) is 11.4 Å². The molecule has 0 aromatic carbocycles. The molecule has 3 aromatic heterocycles. The minimum atomic E-state index is -0.260. The van der Waals surface area contributed by atoms with Crippen molar-refractivity contribution >= 4 is 5.91 Å². The van der Waals surface area contributed by atoms with Crippen molar-refractivity contribution in [1.82, 2.24) is 25.4 Å². The number of carbonyl (C=O) groups excluding carboxylic acids is 1. The average molecular weight is 323 g/mol. The first-order valence-corrected chi connectivity index (χ1v) is 7.71. The third-order valence-corrected chi connectivity index (χ3v) is 3.39. The number of aryl methyl sites for hydroxylation is 1. The number of amides is 1. The summed E-state index contributed by atoms with van der Waals surface area (Å²) in [5.74, 6) is 0.916. The first-order valence-electron chi connectivity index (χ1n) is 7.71. The van der Waals surface area contributed by atoms with Crippen LogP contribution in [0, 0.1) is 0 Å². The Bertz CT molecular complexity index is 799. The van der Waals surface area contributed by atoms with E-state index in [-0.39, 0.29) is 12.5 Å². The van der Waals surface area contributed by atoms with Crippen molar-refractivity contribution in [2.45, 2.75) is 26.3 Å². The Morgan fingerprint density at radius 3 is 2.67 bits per heavy atom. The second kappa shape index (κ2) is 7.45. The van der Waals surface area contributed by atoms with E-state index in [9.17, 15) is 4.79 Å². The summed E-state index contributed by atoms with van der Waals surface area (Å²) in [4.78, 5) is 24.5. The van der Waals surface area contributed by atoms with Gasteiger partial charge in [-0.1, -0.05) is 18.5 Å². The standard InChI is InChI=1S/C17H17N5O2/c1-2-3-14-8-15(24-22-14)11-21-17(23)13-9-19-16(20-10-13)12-4-6-18-7-5-12/h4-10H,2-3,11H2,1H3,(H,21,23). The molecule has 0 bridgehead atoms. The summed E-state index contributed by atoms with van der Waals surface area (Å²) in [5, 5.41) is 6.71. The summed E-state index contributed by atoms with van der Waals surface area (Å²) in [7, 11) is 0. The van der Waals surface area contributed by atoms with Crippen LogP contribution in [-0.2, 0) is 13.0 Å². The normalized spacial score (nSPS) is 10.5. The zero-order chi connectivity index (χ0) is 16.8. The van der Waals surface area contributed by atoms with Gasteiger partial charge in [-0.2, -0.15) is 0 Å². The lowest BCUT2D eigenvalue weighted by Crippen LogP contribution is -2.22. The van der Waals surface area contributed by atoms with E-state index < -0.39 is 0 Å². The summed E-state index contributed by atoms with van der Waals surface area (Å²) < 4.78 is 5.18. The van der Waals surface area contributed by atoms with E-state index in [4.69, 9.17) is 4.52 Å². The molecule has 0 spiro atoms. The highest BCUT2D eigenvalue weighted by atomic mass is 16.5. The second-order valence-corrected chi connectivity index (χ2v) is 5.25. The summed E-state index contributed by atoms with van der Waals surface area (Å²) in [6.07, 6.45) is 8.20. The fourth-order valence-corrected chi connectivity index (χ4v) is 2.18. The van der Waals surface area contributed by atoms with Crippen molar-refractivity contribution in [3.8, 4) is 11.4 Å². The Morgan fingerprint density at radius 2 is 1.96 bits per heavy atom. The molecule has 1 N–H and O–H groups in total. The van der Waals surface area contributed by atoms with E-state index >= 15 is 0 Å². The molecule has 3 heterocycles. The maximum absolute atomic E-state index is 12.1. The average Bonchev–Trinajstić information content (AvgIpc) is 3.08. The first-order chi connectivity index (χ1) is 11.8. The van der Waals surface area contributed by atoms with Gasteiger partial charge in [0.05, 0.1) is 17.8 Å². The van der Waals surface area contributed by atoms with Crippen LogP contribution < -0.4 is 5.32 Å². The number of carbonyl (C=O) groups is 1. The van der Waals surface area contributed by atoms with Crippen LogP contribution in [0.15, 0.2) is 47.5 Å². The zero-order valence-corrected chi connectivity index (χ0v) is 13.3. The minimum absolute atomic E-state index is 0.260. The molecule has 1 amide bonds. The minimum Gasteiger partial charge on any atom is -0.359 e. The number of aromatic nitrogens is 4. The molecule has 0 fully saturated rings. The Kier molecular flexibility index (Phi) is 4.90. The number of hydrogen-bond acceptors (Lipinski definition) is 6. The molecule has 0 atom stereocenters. The molecule has 0 aliphatic carbocycles. The monoisotopic (exact) mass is 323 g/mol. The van der Waals surface area contributed by atoms with E-state index in [1.807, 2.05) is 18.2 Å². The lowest BCUT2D eigenvalue weighted by molar-refractivity contribution is 0.0946. The molecule has 0 aliphatic heterocycles. The molecule has 3 rings (SSSR count). The van der Waals surface area contributed by atoms with Crippen LogP contribution >= 0.6 is 0 Å². The molecule has 3 aromatic rings. The van der Waals surface area contributed by atoms with Crippen LogP contribution in [0.3, 0.4) is 0 Å². The quantitative estimate of drug-likeness (QED) is 0.748. The van der Waals surface area contributed by atoms with Crippen molar-refractivity contribution in [2.75, 3.05) is 0 Å². The predicted octanol–water partition coefficient (Wildman–Crippen LogP) is 2.41. The molecule has 0 unspecified atom stereocenters. The lowest BCUT2D eigenvalue weighted by atomic mass is 10.2. The van der Waals surface area contributed by atoms with E-state index in [0.717, 1.165) is 24.1 Å². The van der Waals surface area contributed by atoms with Gasteiger partial charge in [0.1, 0.15) is 0 Å². The van der Waals surface area contributed by atoms with Gasteiger partial charge in [-0.25, -0.2) is 9.97 Å². The Labute approximate surface area is 139 Å². The highest BCUT2D eigenvalue weighted by Crippen LogP contribution is 2.12. The van der Waals surface area contributed by atoms with Gasteiger partial charge < -0.3 is 9.84 Å². The number of hydrogen-bond donors (Lipinski definition) is 1. The molecular formula is C17H17N5O2. The lowest BCUT2D eigenvalue weighted by Gasteiger charge is -2.03. The Morgan fingerprint density at radius 1 is 1.21 bits per heavy atom. The Hall–Kier alpha value is -3.09. The van der Waals surface area contributed by atoms with Gasteiger partial charge in [-0.3, -0.25) is 9.78 Å². The highest BCUT2D eigenvalue weighted by Gasteiger charge is 2.10. The van der Waals surface area contributed by atoms with Crippen LogP contribution in [0.1, 0.15) is 35.2 Å². The number of nitrogens with one attached hydrogen (secondary N) is 1. The summed E-state index contributed by atoms with van der Waals surface area (Å²) >= 11 is 0. The maximum atomic E-state index is 12.1. The van der Waals surface area contributed by atoms with Crippen LogP contribution in [0.2, 0.25) is 0 Å². The van der Waals surface area contributed by atoms with Crippen molar-refractivity contribution in [3.63, 3.8) is 0 Å². The van der Waals surface area contributed by atoms with Gasteiger partial charge >= 0.3 is 0 Å². The molecule has 7 heteroatoms. The van der Waals surface area contributed by atoms with E-state index in [1.165, 1.54) is 12.4 Å². The molecular weight excluding hydrogens is 306 g/mol. The van der Waals surface area contributed by atoms with Gasteiger partial charge in [-0.05, 0) is 18.6 Å². The molecule has 0 saturated carbocycles. The van der Waals surface area contributed by atoms with Crippen molar-refractivity contribution in [1.29, 1.82) is 0 Å². The predicted molar refractivity (Wildman–Crippen MR) is 86.9 cm³/mol. The van der Waals surface area contributed by atoms with E-state index in [1.54, 1.807) is 12.4 Å². The third-order valence-electron chi connectivity index (χ3n) is 3.39. The van der Waals surface area contributed by atoms with Crippen LogP contribution in [0.4, 0.5) is 0 Å². The summed E-state index contributed by atoms with van der Waals surface area (Å²) in [6.45, 7) is 2.35. The summed E-state index contributed by atoms with van der Waals surface area (Å²) in [6, 6.07) is 5.48. The maximum Gasteiger partial charge on any atom is 0.254 e. The van der Waals surface area contributed by atoms with Crippen molar-refractivity contribution < 1.29 is 9.32 Å². The molecule has 122 valence electrons. The van der Waals surface area contributed by atoms with Gasteiger partial charge in [0.15, 0.2) is 11.6 Å². The fourth-order valence-electron chi connectivity index (χ4n) is 2.18. The number of pyridine rings is 1. The SMILES string of the molecule is CCCc1cc(CNC(=O)c2cnc(-c3ccncc3)nc2)on1. The second-order valence-electron chi connectivity index (χ2n) is 5.25. The highest BCUT2D eigenvalue weighted by molar-refractivity contribution is 5.93. The molecule has 0 aliphatic rings. The molecule has 7 nitrogen and oxygen atoms in total. The fraction of sp³-hybridized carbons (Fsp3) is 0.235. The van der Waals surface area contributed by atoms with Gasteiger partial charge in [0.25, 0.3) is 5.91 Å². The smallest absolute Gasteiger partial charge is 0.254 e. The molecule has 24 heavy (non-hydrogen) atoms. The first kappa shape index (κ1) is 15.8. The van der Waals surface area contributed by atoms with Crippen molar-refractivity contribution in [3.05, 3.63) is 60.0 Å². The number of rotatable bonds is 6. The van der Waals surface area contributed by atoms with E-state index in [2.05, 4.69) is 32.3 Å². The van der Waals surface area contributed by atoms with Crippen LogP contribution in [0.5, 0.6) is 0 Å². The Balaban J connectivity index is 1.60. The molecule has 0 saturated heterocycles. The topological polar surface area (TPSA) is 93.8 Å². The van der Waals surface area contributed by atoms with Crippen molar-refractivity contribution in [2.24, 2.45) is 0 Å². The van der Waals surface area contributed by atoms with Gasteiger partial charge in [0.2, 0.25) is 0 Å². The third kappa shape index (κ3) is 3.81. The van der Waals surface area contributed by atoms with Crippen LogP contribution in [-0.4, -0.2) is 26.0 Å².